The van der Waals surface area contributed by atoms with Gasteiger partial charge in [0.25, 0.3) is 0 Å². The molecule has 4 amide bonds. The Kier molecular flexibility index (Phi) is 12.1. The number of nitrogens with zero attached hydrogens (tertiary/aromatic N) is 1. The van der Waals surface area contributed by atoms with Gasteiger partial charge < -0.3 is 37.5 Å². The number of H-pyrrole nitrogens is 1. The number of imidazole rings is 1. The van der Waals surface area contributed by atoms with Gasteiger partial charge in [-0.2, -0.15) is 12.6 Å². The third kappa shape index (κ3) is 9.39. The summed E-state index contributed by atoms with van der Waals surface area (Å²) in [7, 11) is 0. The van der Waals surface area contributed by atoms with Gasteiger partial charge in [0, 0.05) is 30.5 Å². The Morgan fingerprint density at radius 1 is 1.12 bits per heavy atom. The number of carbonyl (C=O) groups excluding carboxylic acids is 4. The highest BCUT2D eigenvalue weighted by molar-refractivity contribution is 7.80. The summed E-state index contributed by atoms with van der Waals surface area (Å²) in [5.41, 5.74) is 11.3. The third-order valence-electron chi connectivity index (χ3n) is 5.23. The van der Waals surface area contributed by atoms with Crippen LogP contribution in [0.3, 0.4) is 0 Å². The Balaban J connectivity index is 3.04. The van der Waals surface area contributed by atoms with E-state index < -0.39 is 53.8 Å². The SMILES string of the molecule is CCC(C)C(NC(=O)C(Cc1cnc[nH]1)NC(=O)C(N)CS)C(=O)NC(CCC(N)=O)C(=O)O. The molecule has 0 aliphatic carbocycles. The van der Waals surface area contributed by atoms with Crippen molar-refractivity contribution in [1.82, 2.24) is 25.9 Å². The summed E-state index contributed by atoms with van der Waals surface area (Å²) < 4.78 is 0. The maximum absolute atomic E-state index is 13.1. The van der Waals surface area contributed by atoms with Gasteiger partial charge >= 0.3 is 5.97 Å². The fourth-order valence-corrected chi connectivity index (χ4v) is 3.11. The van der Waals surface area contributed by atoms with Crippen LogP contribution >= 0.6 is 12.6 Å². The van der Waals surface area contributed by atoms with Crippen LogP contribution in [-0.2, 0) is 30.4 Å². The Labute approximate surface area is 202 Å². The molecular formula is C20H33N7O6S. The van der Waals surface area contributed by atoms with E-state index in [1.807, 2.05) is 0 Å². The number of thiol groups is 1. The van der Waals surface area contributed by atoms with E-state index >= 15 is 0 Å². The smallest absolute Gasteiger partial charge is 0.326 e. The van der Waals surface area contributed by atoms with Crippen molar-refractivity contribution in [1.29, 1.82) is 0 Å². The van der Waals surface area contributed by atoms with Crippen molar-refractivity contribution in [3.63, 3.8) is 0 Å². The van der Waals surface area contributed by atoms with Crippen LogP contribution in [-0.4, -0.2) is 74.6 Å². The maximum Gasteiger partial charge on any atom is 0.326 e. The first-order valence-corrected chi connectivity index (χ1v) is 11.4. The van der Waals surface area contributed by atoms with E-state index in [-0.39, 0.29) is 30.9 Å². The fraction of sp³-hybridized carbons (Fsp3) is 0.600. The van der Waals surface area contributed by atoms with Gasteiger partial charge in [0.05, 0.1) is 12.4 Å². The standard InChI is InChI=1S/C20H33N7O6S/c1-3-10(2)16(19(31)25-13(20(32)33)4-5-15(22)28)27-18(30)14(6-11-7-23-9-24-11)26-17(29)12(21)8-34/h7,9-10,12-14,16,34H,3-6,8,21H2,1-2H3,(H2,22,28)(H,23,24)(H,25,31)(H,26,29)(H,27,30)(H,32,33). The molecule has 5 atom stereocenters. The number of aliphatic carboxylic acids is 1. The summed E-state index contributed by atoms with van der Waals surface area (Å²) in [5, 5.41) is 16.9. The molecule has 0 aliphatic heterocycles. The van der Waals surface area contributed by atoms with Gasteiger partial charge in [-0.15, -0.1) is 0 Å². The molecule has 0 saturated heterocycles. The van der Waals surface area contributed by atoms with Crippen LogP contribution < -0.4 is 27.4 Å². The number of carbonyl (C=O) groups is 5. The molecule has 0 bridgehead atoms. The number of aromatic nitrogens is 2. The number of hydrogen-bond acceptors (Lipinski definition) is 8. The Hall–Kier alpha value is -3.13. The first-order valence-electron chi connectivity index (χ1n) is 10.8. The Morgan fingerprint density at radius 3 is 2.26 bits per heavy atom. The zero-order valence-electron chi connectivity index (χ0n) is 19.1. The molecule has 1 heterocycles. The van der Waals surface area contributed by atoms with E-state index in [1.54, 1.807) is 13.8 Å². The van der Waals surface area contributed by atoms with E-state index in [0.717, 1.165) is 0 Å². The Bertz CT molecular complexity index is 850. The van der Waals surface area contributed by atoms with Crippen molar-refractivity contribution >= 4 is 42.2 Å². The molecule has 5 unspecified atom stereocenters. The normalized spacial score (nSPS) is 15.3. The number of rotatable bonds is 15. The summed E-state index contributed by atoms with van der Waals surface area (Å²) >= 11 is 3.99. The second kappa shape index (κ2) is 14.2. The van der Waals surface area contributed by atoms with Gasteiger partial charge in [0.1, 0.15) is 18.1 Å². The quantitative estimate of drug-likeness (QED) is 0.126. The molecule has 190 valence electrons. The van der Waals surface area contributed by atoms with Crippen molar-refractivity contribution in [2.45, 2.75) is 63.7 Å². The van der Waals surface area contributed by atoms with Crippen LogP contribution in [0.2, 0.25) is 0 Å². The van der Waals surface area contributed by atoms with Gasteiger partial charge in [0.15, 0.2) is 0 Å². The van der Waals surface area contributed by atoms with Gasteiger partial charge in [-0.1, -0.05) is 20.3 Å². The number of aromatic amines is 1. The lowest BCUT2D eigenvalue weighted by Gasteiger charge is -2.28. The van der Waals surface area contributed by atoms with Crippen molar-refractivity contribution in [2.75, 3.05) is 5.75 Å². The molecular weight excluding hydrogens is 466 g/mol. The van der Waals surface area contributed by atoms with E-state index in [1.165, 1.54) is 12.5 Å². The molecule has 1 aromatic rings. The number of nitrogens with one attached hydrogen (secondary N) is 4. The number of primary amides is 1. The lowest BCUT2D eigenvalue weighted by atomic mass is 9.96. The molecule has 1 aromatic heterocycles. The minimum absolute atomic E-state index is 0.0437. The number of nitrogens with two attached hydrogens (primary N) is 2. The molecule has 0 aromatic carbocycles. The van der Waals surface area contributed by atoms with Crippen LogP contribution in [0.25, 0.3) is 0 Å². The molecule has 34 heavy (non-hydrogen) atoms. The van der Waals surface area contributed by atoms with Crippen LogP contribution in [0.1, 0.15) is 38.8 Å². The summed E-state index contributed by atoms with van der Waals surface area (Å²) in [6.07, 6.45) is 3.00. The number of carboxylic acids is 1. The van der Waals surface area contributed by atoms with Crippen LogP contribution in [0, 0.1) is 5.92 Å². The van der Waals surface area contributed by atoms with Crippen molar-refractivity contribution in [2.24, 2.45) is 17.4 Å². The number of hydrogen-bond donors (Lipinski definition) is 8. The highest BCUT2D eigenvalue weighted by Crippen LogP contribution is 2.11. The maximum atomic E-state index is 13.1. The Morgan fingerprint density at radius 2 is 1.76 bits per heavy atom. The zero-order valence-corrected chi connectivity index (χ0v) is 20.0. The minimum Gasteiger partial charge on any atom is -0.480 e. The molecule has 14 heteroatoms. The van der Waals surface area contributed by atoms with Crippen molar-refractivity contribution < 1.29 is 29.1 Å². The number of amides is 4. The summed E-state index contributed by atoms with van der Waals surface area (Å²) in [6.45, 7) is 3.51. The highest BCUT2D eigenvalue weighted by atomic mass is 32.1. The molecule has 1 rings (SSSR count). The van der Waals surface area contributed by atoms with Crippen LogP contribution in [0.15, 0.2) is 12.5 Å². The first-order chi connectivity index (χ1) is 16.0. The second-order valence-electron chi connectivity index (χ2n) is 7.91. The van der Waals surface area contributed by atoms with Crippen LogP contribution in [0.5, 0.6) is 0 Å². The van der Waals surface area contributed by atoms with Gasteiger partial charge in [-0.05, 0) is 12.3 Å². The van der Waals surface area contributed by atoms with Crippen LogP contribution in [0.4, 0.5) is 0 Å². The lowest BCUT2D eigenvalue weighted by molar-refractivity contribution is -0.143. The second-order valence-corrected chi connectivity index (χ2v) is 8.27. The fourth-order valence-electron chi connectivity index (χ4n) is 2.95. The molecule has 0 radical (unpaired) electrons. The highest BCUT2D eigenvalue weighted by Gasteiger charge is 2.33. The van der Waals surface area contributed by atoms with E-state index in [4.69, 9.17) is 11.5 Å². The average molecular weight is 500 g/mol. The van der Waals surface area contributed by atoms with Gasteiger partial charge in [-0.3, -0.25) is 19.2 Å². The summed E-state index contributed by atoms with van der Waals surface area (Å²) in [4.78, 5) is 67.6. The van der Waals surface area contributed by atoms with Crippen molar-refractivity contribution in [3.8, 4) is 0 Å². The molecule has 0 spiro atoms. The summed E-state index contributed by atoms with van der Waals surface area (Å²) in [6, 6.07) is -4.51. The van der Waals surface area contributed by atoms with E-state index in [9.17, 15) is 29.1 Å². The predicted octanol–water partition coefficient (Wildman–Crippen LogP) is -1.94. The molecule has 0 fully saturated rings. The summed E-state index contributed by atoms with van der Waals surface area (Å²) in [5.74, 6) is -4.37. The number of carboxylic acid groups (broad SMARTS) is 1. The monoisotopic (exact) mass is 499 g/mol. The largest absolute Gasteiger partial charge is 0.480 e. The third-order valence-corrected chi connectivity index (χ3v) is 5.63. The van der Waals surface area contributed by atoms with E-state index in [2.05, 4.69) is 38.5 Å². The average Bonchev–Trinajstić information content (AvgIpc) is 3.30. The van der Waals surface area contributed by atoms with Gasteiger partial charge in [-0.25, -0.2) is 9.78 Å². The van der Waals surface area contributed by atoms with Crippen molar-refractivity contribution in [3.05, 3.63) is 18.2 Å². The zero-order chi connectivity index (χ0) is 25.8. The topological polar surface area (TPSA) is 222 Å². The lowest BCUT2D eigenvalue weighted by Crippen LogP contribution is -2.59. The first kappa shape index (κ1) is 28.9. The molecule has 13 nitrogen and oxygen atoms in total. The minimum atomic E-state index is -1.36. The van der Waals surface area contributed by atoms with E-state index in [0.29, 0.717) is 12.1 Å². The predicted molar refractivity (Wildman–Crippen MR) is 125 cm³/mol. The molecule has 0 saturated carbocycles. The molecule has 9 N–H and O–H groups in total. The van der Waals surface area contributed by atoms with Gasteiger partial charge in [0.2, 0.25) is 23.6 Å². The molecule has 0 aliphatic rings.